The molecule has 2 unspecified atom stereocenters. The number of nitrogens with zero attached hydrogens (tertiary/aromatic N) is 4. The maximum Gasteiger partial charge on any atom is 0.290 e. The minimum Gasteiger partial charge on any atom is -0.451 e. The number of amides is 2. The van der Waals surface area contributed by atoms with Crippen LogP contribution >= 0.6 is 11.6 Å². The van der Waals surface area contributed by atoms with Crippen molar-refractivity contribution in [1.29, 1.82) is 0 Å². The average Bonchev–Trinajstić information content (AvgIpc) is 3.26. The van der Waals surface area contributed by atoms with Gasteiger partial charge in [0.25, 0.3) is 5.91 Å². The number of hydrogen-bond donors (Lipinski definition) is 1. The summed E-state index contributed by atoms with van der Waals surface area (Å²) in [4.78, 5) is 39.0. The third-order valence-corrected chi connectivity index (χ3v) is 6.77. The molecule has 2 N–H and O–H groups in total. The molecule has 180 valence electrons. The molecule has 2 aromatic carbocycles. The third kappa shape index (κ3) is 4.30. The van der Waals surface area contributed by atoms with E-state index in [4.69, 9.17) is 21.8 Å². The van der Waals surface area contributed by atoms with Gasteiger partial charge in [0.1, 0.15) is 23.8 Å². The van der Waals surface area contributed by atoms with Crippen LogP contribution in [0.25, 0.3) is 21.9 Å². The van der Waals surface area contributed by atoms with Crippen LogP contribution in [-0.4, -0.2) is 50.2 Å². The van der Waals surface area contributed by atoms with Gasteiger partial charge in [-0.1, -0.05) is 31.0 Å². The van der Waals surface area contributed by atoms with Crippen molar-refractivity contribution in [3.8, 4) is 0 Å². The lowest BCUT2D eigenvalue weighted by atomic mass is 10.0. The van der Waals surface area contributed by atoms with Crippen LogP contribution in [0.15, 0.2) is 53.2 Å². The van der Waals surface area contributed by atoms with Crippen LogP contribution in [0, 0.1) is 0 Å². The van der Waals surface area contributed by atoms with Crippen molar-refractivity contribution in [2.75, 3.05) is 12.3 Å². The van der Waals surface area contributed by atoms with E-state index in [1.165, 1.54) is 6.33 Å². The zero-order chi connectivity index (χ0) is 24.7. The Morgan fingerprint density at radius 2 is 2.03 bits per heavy atom. The molecule has 0 saturated carbocycles. The topological polar surface area (TPSA) is 106 Å². The van der Waals surface area contributed by atoms with Gasteiger partial charge in [-0.15, -0.1) is 0 Å². The standard InChI is InChI=1S/C26H26ClN5O3/c1-3-4-21-25(33)31(13-16-5-8-19-20(9-16)29-14-30-24(19)28)15(2)12-32(21)26(34)23-10-17-6-7-18(27)11-22(17)35-23/h5-11,14-15,21H,3-4,12-13H2,1-2H3,(H2,28,29,30). The van der Waals surface area contributed by atoms with Crippen LogP contribution in [0.3, 0.4) is 0 Å². The fourth-order valence-corrected chi connectivity index (χ4v) is 4.90. The molecule has 3 heterocycles. The van der Waals surface area contributed by atoms with Crippen molar-refractivity contribution in [3.05, 3.63) is 65.1 Å². The van der Waals surface area contributed by atoms with Gasteiger partial charge in [-0.05, 0) is 49.2 Å². The van der Waals surface area contributed by atoms with E-state index < -0.39 is 6.04 Å². The van der Waals surface area contributed by atoms with E-state index in [2.05, 4.69) is 9.97 Å². The quantitative estimate of drug-likeness (QED) is 0.435. The summed E-state index contributed by atoms with van der Waals surface area (Å²) in [6.45, 7) is 4.80. The summed E-state index contributed by atoms with van der Waals surface area (Å²) in [6.07, 6.45) is 2.77. The van der Waals surface area contributed by atoms with Crippen molar-refractivity contribution in [2.45, 2.75) is 45.3 Å². The molecule has 1 saturated heterocycles. The molecule has 5 rings (SSSR count). The molecular formula is C26H26ClN5O3. The smallest absolute Gasteiger partial charge is 0.290 e. The number of carbonyl (C=O) groups is 2. The molecule has 2 atom stereocenters. The highest BCUT2D eigenvalue weighted by Gasteiger charge is 2.41. The molecule has 35 heavy (non-hydrogen) atoms. The minimum absolute atomic E-state index is 0.0691. The Morgan fingerprint density at radius 1 is 1.20 bits per heavy atom. The Labute approximate surface area is 207 Å². The number of halogens is 1. The highest BCUT2D eigenvalue weighted by Crippen LogP contribution is 2.28. The molecule has 0 spiro atoms. The van der Waals surface area contributed by atoms with E-state index in [0.29, 0.717) is 35.9 Å². The summed E-state index contributed by atoms with van der Waals surface area (Å²) in [5.74, 6) is 0.284. The number of piperazine rings is 1. The summed E-state index contributed by atoms with van der Waals surface area (Å²) < 4.78 is 5.81. The molecule has 8 nitrogen and oxygen atoms in total. The first-order valence-corrected chi connectivity index (χ1v) is 12.0. The van der Waals surface area contributed by atoms with Crippen LogP contribution in [0.5, 0.6) is 0 Å². The molecule has 4 aromatic rings. The second-order valence-electron chi connectivity index (χ2n) is 8.98. The van der Waals surface area contributed by atoms with Crippen LogP contribution < -0.4 is 5.73 Å². The van der Waals surface area contributed by atoms with Crippen molar-refractivity contribution >= 4 is 51.1 Å². The van der Waals surface area contributed by atoms with Gasteiger partial charge in [0, 0.05) is 41.0 Å². The summed E-state index contributed by atoms with van der Waals surface area (Å²) >= 11 is 6.06. The number of hydrogen-bond acceptors (Lipinski definition) is 6. The molecule has 1 aliphatic rings. The first-order valence-electron chi connectivity index (χ1n) is 11.7. The normalized spacial score (nSPS) is 18.5. The average molecular weight is 492 g/mol. The molecule has 1 aliphatic heterocycles. The summed E-state index contributed by atoms with van der Waals surface area (Å²) in [5, 5.41) is 2.11. The number of nitrogen functional groups attached to an aromatic ring is 1. The lowest BCUT2D eigenvalue weighted by Crippen LogP contribution is -2.61. The van der Waals surface area contributed by atoms with E-state index >= 15 is 0 Å². The van der Waals surface area contributed by atoms with Gasteiger partial charge in [-0.2, -0.15) is 0 Å². The number of furan rings is 1. The van der Waals surface area contributed by atoms with Crippen molar-refractivity contribution in [3.63, 3.8) is 0 Å². The Balaban J connectivity index is 1.41. The minimum atomic E-state index is -0.557. The molecule has 2 amide bonds. The van der Waals surface area contributed by atoms with Gasteiger partial charge in [-0.25, -0.2) is 9.97 Å². The molecule has 0 bridgehead atoms. The largest absolute Gasteiger partial charge is 0.451 e. The number of rotatable bonds is 5. The molecule has 0 radical (unpaired) electrons. The summed E-state index contributed by atoms with van der Waals surface area (Å²) in [7, 11) is 0. The van der Waals surface area contributed by atoms with E-state index in [9.17, 15) is 9.59 Å². The van der Waals surface area contributed by atoms with Crippen LogP contribution in [0.4, 0.5) is 5.82 Å². The Bertz CT molecular complexity index is 1440. The Hall–Kier alpha value is -3.65. The van der Waals surface area contributed by atoms with Crippen molar-refractivity contribution in [2.24, 2.45) is 0 Å². The van der Waals surface area contributed by atoms with Gasteiger partial charge >= 0.3 is 0 Å². The van der Waals surface area contributed by atoms with Gasteiger partial charge in [-0.3, -0.25) is 9.59 Å². The number of fused-ring (bicyclic) bond motifs is 2. The summed E-state index contributed by atoms with van der Waals surface area (Å²) in [6, 6.07) is 12.0. The van der Waals surface area contributed by atoms with E-state index in [0.717, 1.165) is 28.3 Å². The van der Waals surface area contributed by atoms with Crippen LogP contribution in [-0.2, 0) is 11.3 Å². The first-order chi connectivity index (χ1) is 16.9. The number of carbonyl (C=O) groups excluding carboxylic acids is 2. The Morgan fingerprint density at radius 3 is 2.83 bits per heavy atom. The van der Waals surface area contributed by atoms with E-state index in [1.807, 2.05) is 43.0 Å². The first kappa shape index (κ1) is 23.1. The fourth-order valence-electron chi connectivity index (χ4n) is 4.73. The van der Waals surface area contributed by atoms with Gasteiger partial charge < -0.3 is 20.0 Å². The predicted octanol–water partition coefficient (Wildman–Crippen LogP) is 4.65. The van der Waals surface area contributed by atoms with E-state index in [1.54, 1.807) is 23.1 Å². The molecule has 1 fully saturated rings. The van der Waals surface area contributed by atoms with Crippen molar-refractivity contribution < 1.29 is 14.0 Å². The summed E-state index contributed by atoms with van der Waals surface area (Å²) in [5.41, 5.74) is 8.17. The molecule has 9 heteroatoms. The third-order valence-electron chi connectivity index (χ3n) is 6.54. The highest BCUT2D eigenvalue weighted by atomic mass is 35.5. The zero-order valence-corrected chi connectivity index (χ0v) is 20.3. The highest BCUT2D eigenvalue weighted by molar-refractivity contribution is 6.31. The fraction of sp³-hybridized carbons (Fsp3) is 0.308. The van der Waals surface area contributed by atoms with Crippen LogP contribution in [0.2, 0.25) is 5.02 Å². The SMILES string of the molecule is CCCC1C(=O)N(Cc2ccc3c(N)ncnc3c2)C(C)CN1C(=O)c1cc2ccc(Cl)cc2o1. The maximum atomic E-state index is 13.6. The number of aromatic nitrogens is 2. The lowest BCUT2D eigenvalue weighted by molar-refractivity contribution is -0.144. The van der Waals surface area contributed by atoms with Crippen LogP contribution in [0.1, 0.15) is 42.8 Å². The second kappa shape index (κ2) is 9.19. The van der Waals surface area contributed by atoms with Gasteiger partial charge in [0.2, 0.25) is 5.91 Å². The van der Waals surface area contributed by atoms with E-state index in [-0.39, 0.29) is 23.6 Å². The predicted molar refractivity (Wildman–Crippen MR) is 135 cm³/mol. The number of benzene rings is 2. The monoisotopic (exact) mass is 491 g/mol. The maximum absolute atomic E-state index is 13.6. The zero-order valence-electron chi connectivity index (χ0n) is 19.6. The second-order valence-corrected chi connectivity index (χ2v) is 9.42. The van der Waals surface area contributed by atoms with Gasteiger partial charge in [0.15, 0.2) is 5.76 Å². The van der Waals surface area contributed by atoms with Crippen molar-refractivity contribution in [1.82, 2.24) is 19.8 Å². The Kier molecular flexibility index (Phi) is 6.06. The molecule has 0 aliphatic carbocycles. The number of nitrogens with two attached hydrogens (primary N) is 1. The lowest BCUT2D eigenvalue weighted by Gasteiger charge is -2.44. The molecular weight excluding hydrogens is 466 g/mol. The number of anilines is 1. The van der Waals surface area contributed by atoms with Gasteiger partial charge in [0.05, 0.1) is 5.52 Å². The molecule has 2 aromatic heterocycles.